The molecule has 0 bridgehead atoms. The predicted molar refractivity (Wildman–Crippen MR) is 128 cm³/mol. The number of unbranched alkanes of at least 4 members (excludes halogenated alkanes) is 3. The molecule has 4 amide bonds. The van der Waals surface area contributed by atoms with E-state index in [-0.39, 0.29) is 31.2 Å². The van der Waals surface area contributed by atoms with Crippen LogP contribution in [0, 0.1) is 5.92 Å². The summed E-state index contributed by atoms with van der Waals surface area (Å²) in [6.45, 7) is 3.42. The van der Waals surface area contributed by atoms with Gasteiger partial charge in [-0.1, -0.05) is 12.8 Å². The van der Waals surface area contributed by atoms with E-state index in [1.165, 1.54) is 26.0 Å². The lowest BCUT2D eigenvalue weighted by Gasteiger charge is -2.23. The molecule has 0 aromatic rings. The number of hydrogen-bond acceptors (Lipinski definition) is 8. The molecule has 4 atom stereocenters. The van der Waals surface area contributed by atoms with Crippen LogP contribution in [0.1, 0.15) is 66.6 Å². The Kier molecular flexibility index (Phi) is 12.8. The van der Waals surface area contributed by atoms with E-state index >= 15 is 0 Å². The average Bonchev–Trinajstić information content (AvgIpc) is 3.13. The molecule has 0 saturated carbocycles. The molecule has 1 aliphatic rings. The van der Waals surface area contributed by atoms with Gasteiger partial charge in [-0.15, -0.1) is 0 Å². The highest BCUT2D eigenvalue weighted by Crippen LogP contribution is 2.16. The number of aldehydes is 1. The molecular weight excluding hydrogens is 456 g/mol. The van der Waals surface area contributed by atoms with Crippen LogP contribution in [-0.4, -0.2) is 77.0 Å². The van der Waals surface area contributed by atoms with E-state index in [9.17, 15) is 33.9 Å². The summed E-state index contributed by atoms with van der Waals surface area (Å²) < 4.78 is 7.12. The molecule has 0 fully saturated rings. The monoisotopic (exact) mass is 495 g/mol. The summed E-state index contributed by atoms with van der Waals surface area (Å²) in [4.78, 5) is 73.3. The molecule has 0 spiro atoms. The van der Waals surface area contributed by atoms with Gasteiger partial charge in [-0.05, 0) is 46.1 Å². The predicted octanol–water partition coefficient (Wildman–Crippen LogP) is -0.255. The first-order valence-corrected chi connectivity index (χ1v) is 12.0. The number of carbonyl (C=O) groups excluding carboxylic acids is 6. The van der Waals surface area contributed by atoms with Gasteiger partial charge in [0.1, 0.15) is 13.7 Å². The van der Waals surface area contributed by atoms with Crippen molar-refractivity contribution in [1.29, 1.82) is 0 Å². The van der Waals surface area contributed by atoms with Crippen molar-refractivity contribution in [1.82, 2.24) is 15.5 Å². The van der Waals surface area contributed by atoms with Crippen molar-refractivity contribution >= 4 is 35.7 Å². The van der Waals surface area contributed by atoms with E-state index in [2.05, 4.69) is 10.6 Å². The Labute approximate surface area is 207 Å². The molecule has 1 aliphatic heterocycles. The highest BCUT2D eigenvalue weighted by molar-refractivity contribution is 6.12. The molecule has 0 aromatic heterocycles. The molecular formula is C24H38N4O7. The van der Waals surface area contributed by atoms with Gasteiger partial charge in [-0.25, -0.2) is 0 Å². The number of nitrogens with zero attached hydrogens (tertiary/aromatic N) is 1. The summed E-state index contributed by atoms with van der Waals surface area (Å²) in [6, 6.07) is -2.22. The Bertz CT molecular complexity index is 828. The maximum Gasteiger partial charge on any atom is 0.253 e. The molecule has 11 nitrogen and oxygen atoms in total. The van der Waals surface area contributed by atoms with Crippen LogP contribution in [0.15, 0.2) is 12.2 Å². The van der Waals surface area contributed by atoms with Crippen LogP contribution in [0.3, 0.4) is 0 Å². The first-order valence-electron chi connectivity index (χ1n) is 12.5. The van der Waals surface area contributed by atoms with Gasteiger partial charge < -0.3 is 26.3 Å². The SMILES string of the molecule is [2H]C(=O)[C@H](C)NC(=O)[C@H](CCCCN)CC(=O)[C@@H](NC(=O)CCCCCN1C(=O)C=CC1=O)[C@@H](C)O. The minimum atomic E-state index is -1.21. The van der Waals surface area contributed by atoms with Gasteiger partial charge in [0.15, 0.2) is 5.78 Å². The maximum absolute atomic E-state index is 12.9. The molecule has 0 unspecified atom stereocenters. The lowest BCUT2D eigenvalue weighted by Crippen LogP contribution is -2.49. The number of carbonyl (C=O) groups is 6. The van der Waals surface area contributed by atoms with Crippen LogP contribution in [0.5, 0.6) is 0 Å². The second-order valence-corrected chi connectivity index (χ2v) is 8.76. The number of aliphatic hydroxyl groups excluding tert-OH is 1. The van der Waals surface area contributed by atoms with Crippen molar-refractivity contribution in [2.24, 2.45) is 11.7 Å². The van der Waals surface area contributed by atoms with Crippen molar-refractivity contribution in [3.63, 3.8) is 0 Å². The fourth-order valence-corrected chi connectivity index (χ4v) is 3.69. The third-order valence-corrected chi connectivity index (χ3v) is 5.69. The summed E-state index contributed by atoms with van der Waals surface area (Å²) in [5, 5.41) is 15.1. The number of nitrogens with one attached hydrogen (secondary N) is 2. The zero-order valence-corrected chi connectivity index (χ0v) is 20.5. The molecule has 35 heavy (non-hydrogen) atoms. The van der Waals surface area contributed by atoms with Crippen LogP contribution in [0.25, 0.3) is 0 Å². The summed E-state index contributed by atoms with van der Waals surface area (Å²) >= 11 is 0. The van der Waals surface area contributed by atoms with Crippen molar-refractivity contribution in [3.8, 4) is 0 Å². The molecule has 1 heterocycles. The van der Waals surface area contributed by atoms with Crippen LogP contribution in [-0.2, 0) is 28.8 Å². The summed E-state index contributed by atoms with van der Waals surface area (Å²) in [5.74, 6) is -3.01. The van der Waals surface area contributed by atoms with Crippen molar-refractivity contribution in [2.75, 3.05) is 13.1 Å². The minimum absolute atomic E-state index is 0.0835. The number of amides is 4. The van der Waals surface area contributed by atoms with Crippen LogP contribution in [0.4, 0.5) is 0 Å². The van der Waals surface area contributed by atoms with E-state index in [1.54, 1.807) is 0 Å². The Hall–Kier alpha value is -2.92. The largest absolute Gasteiger partial charge is 0.391 e. The first kappa shape index (κ1) is 28.3. The zero-order chi connectivity index (χ0) is 27.3. The zero-order valence-electron chi connectivity index (χ0n) is 21.5. The summed E-state index contributed by atoms with van der Waals surface area (Å²) in [6.07, 6.45) is 3.21. The molecule has 0 aliphatic carbocycles. The second-order valence-electron chi connectivity index (χ2n) is 8.76. The third kappa shape index (κ3) is 10.9. The van der Waals surface area contributed by atoms with E-state index in [0.29, 0.717) is 45.1 Å². The number of ketones is 1. The number of imide groups is 1. The van der Waals surface area contributed by atoms with E-state index in [0.717, 1.165) is 4.90 Å². The van der Waals surface area contributed by atoms with Crippen LogP contribution < -0.4 is 16.4 Å². The molecule has 0 aromatic carbocycles. The van der Waals surface area contributed by atoms with Gasteiger partial charge in [0.25, 0.3) is 11.8 Å². The minimum Gasteiger partial charge on any atom is -0.391 e. The second kappa shape index (κ2) is 15.9. The van der Waals surface area contributed by atoms with Crippen LogP contribution in [0.2, 0.25) is 0 Å². The van der Waals surface area contributed by atoms with Gasteiger partial charge in [0, 0.05) is 37.5 Å². The molecule has 5 N–H and O–H groups in total. The molecule has 0 radical (unpaired) electrons. The van der Waals surface area contributed by atoms with Crippen molar-refractivity contribution < 1.29 is 35.2 Å². The van der Waals surface area contributed by atoms with Gasteiger partial charge in [0.05, 0.1) is 12.1 Å². The number of nitrogens with two attached hydrogens (primary N) is 1. The molecule has 1 rings (SSSR count). The number of Topliss-reactive ketones (excluding diaryl/α,β-unsaturated/α-hetero) is 1. The quantitative estimate of drug-likeness (QED) is 0.114. The molecule has 196 valence electrons. The highest BCUT2D eigenvalue weighted by atomic mass is 16.3. The van der Waals surface area contributed by atoms with Gasteiger partial charge >= 0.3 is 0 Å². The van der Waals surface area contributed by atoms with E-state index in [4.69, 9.17) is 7.10 Å². The normalized spacial score (nSPS) is 16.9. The van der Waals surface area contributed by atoms with Gasteiger partial charge in [-0.2, -0.15) is 0 Å². The summed E-state index contributed by atoms with van der Waals surface area (Å²) in [5.41, 5.74) is 5.51. The van der Waals surface area contributed by atoms with Crippen molar-refractivity contribution in [3.05, 3.63) is 12.2 Å². The van der Waals surface area contributed by atoms with Crippen LogP contribution >= 0.6 is 0 Å². The number of rotatable bonds is 18. The number of aliphatic hydroxyl groups is 1. The Morgan fingerprint density at radius 1 is 1.09 bits per heavy atom. The molecule has 0 saturated heterocycles. The topological polar surface area (TPSA) is 176 Å². The lowest BCUT2D eigenvalue weighted by molar-refractivity contribution is -0.137. The fourth-order valence-electron chi connectivity index (χ4n) is 3.69. The van der Waals surface area contributed by atoms with E-state index in [1.807, 2.05) is 0 Å². The smallest absolute Gasteiger partial charge is 0.253 e. The fraction of sp³-hybridized carbons (Fsp3) is 0.667. The highest BCUT2D eigenvalue weighted by Gasteiger charge is 2.30. The Morgan fingerprint density at radius 3 is 2.31 bits per heavy atom. The average molecular weight is 496 g/mol. The van der Waals surface area contributed by atoms with E-state index < -0.39 is 48.0 Å². The standard InChI is InChI=1S/C24H38N4O7/c1-16(15-29)26-24(35)18(8-5-6-12-25)14-19(31)23(17(2)30)27-20(32)9-4-3-7-13-28-21(33)10-11-22(28)34/h10-11,15-18,23,30H,3-9,12-14,25H2,1-2H3,(H,26,35)(H,27,32)/t16-,17+,18+,23-/m0/s1/i15D. The Balaban J connectivity index is 2.59. The molecule has 11 heteroatoms. The maximum atomic E-state index is 12.9. The van der Waals surface area contributed by atoms with Gasteiger partial charge in [0.2, 0.25) is 11.8 Å². The third-order valence-electron chi connectivity index (χ3n) is 5.69. The lowest BCUT2D eigenvalue weighted by atomic mass is 9.91. The number of hydrogen-bond donors (Lipinski definition) is 4. The Morgan fingerprint density at radius 2 is 1.74 bits per heavy atom. The van der Waals surface area contributed by atoms with Crippen molar-refractivity contribution in [2.45, 2.75) is 83.4 Å². The van der Waals surface area contributed by atoms with Gasteiger partial charge in [-0.3, -0.25) is 28.9 Å². The first-order chi connectivity index (χ1) is 17.0. The summed E-state index contributed by atoms with van der Waals surface area (Å²) in [7, 11) is 0.